The molecule has 3 aliphatic rings. The molecule has 0 N–H and O–H groups in total. The third kappa shape index (κ3) is 2.17. The first-order chi connectivity index (χ1) is 16.9. The molecule has 0 saturated heterocycles. The molecule has 5 aromatic rings. The summed E-state index contributed by atoms with van der Waals surface area (Å²) in [7, 11) is 0. The molecule has 8 rings (SSSR count). The Kier molecular flexibility index (Phi) is 3.65. The molecule has 2 heteroatoms. The third-order valence-corrected chi connectivity index (χ3v) is 8.90. The van der Waals surface area contributed by atoms with E-state index in [0.29, 0.717) is 0 Å². The van der Waals surface area contributed by atoms with Crippen molar-refractivity contribution in [2.75, 3.05) is 4.90 Å². The van der Waals surface area contributed by atoms with Crippen LogP contribution in [0.15, 0.2) is 125 Å². The van der Waals surface area contributed by atoms with Crippen molar-refractivity contribution in [2.24, 2.45) is 0 Å². The van der Waals surface area contributed by atoms with E-state index >= 15 is 0 Å². The van der Waals surface area contributed by atoms with Gasteiger partial charge in [0.2, 0.25) is 0 Å². The van der Waals surface area contributed by atoms with Gasteiger partial charge in [-0.2, -0.15) is 0 Å². The quantitative estimate of drug-likeness (QED) is 0.229. The zero-order valence-electron chi connectivity index (χ0n) is 18.5. The lowest BCUT2D eigenvalue weighted by Gasteiger charge is -2.50. The second kappa shape index (κ2) is 6.65. The van der Waals surface area contributed by atoms with E-state index in [1.165, 1.54) is 60.1 Å². The summed E-state index contributed by atoms with van der Waals surface area (Å²) in [6.07, 6.45) is 0. The summed E-state index contributed by atoms with van der Waals surface area (Å²) in [6, 6.07) is 42.9. The minimum absolute atomic E-state index is 0.344. The molecule has 0 saturated carbocycles. The monoisotopic (exact) mass is 451 g/mol. The van der Waals surface area contributed by atoms with Gasteiger partial charge in [0.05, 0.1) is 11.1 Å². The van der Waals surface area contributed by atoms with Crippen LogP contribution < -0.4 is 4.90 Å². The molecule has 1 spiro atoms. The fraction of sp³-hybridized carbons (Fsp3) is 0.0625. The van der Waals surface area contributed by atoms with E-state index in [2.05, 4.69) is 120 Å². The van der Waals surface area contributed by atoms with Crippen molar-refractivity contribution < 1.29 is 0 Å². The third-order valence-electron chi connectivity index (χ3n) is 7.75. The molecule has 0 aliphatic carbocycles. The molecule has 160 valence electrons. The molecular formula is C32H21NS. The largest absolute Gasteiger partial charge is 0.336 e. The predicted octanol–water partition coefficient (Wildman–Crippen LogP) is 8.17. The number of hydrogen-bond acceptors (Lipinski definition) is 2. The summed E-state index contributed by atoms with van der Waals surface area (Å²) in [4.78, 5) is 5.25. The molecule has 0 bridgehead atoms. The summed E-state index contributed by atoms with van der Waals surface area (Å²) >= 11 is 1.90. The zero-order chi connectivity index (χ0) is 22.3. The van der Waals surface area contributed by atoms with Gasteiger partial charge in [-0.25, -0.2) is 0 Å². The van der Waals surface area contributed by atoms with Crippen LogP contribution in [0, 0.1) is 0 Å². The minimum atomic E-state index is -0.344. The van der Waals surface area contributed by atoms with Gasteiger partial charge in [-0.05, 0) is 51.6 Å². The predicted molar refractivity (Wildman–Crippen MR) is 140 cm³/mol. The topological polar surface area (TPSA) is 3.24 Å². The van der Waals surface area contributed by atoms with Crippen molar-refractivity contribution in [2.45, 2.75) is 21.8 Å². The van der Waals surface area contributed by atoms with Crippen molar-refractivity contribution in [3.8, 4) is 11.1 Å². The number of nitrogens with zero attached hydrogens (tertiary/aromatic N) is 1. The normalized spacial score (nSPS) is 15.6. The van der Waals surface area contributed by atoms with Gasteiger partial charge in [0, 0.05) is 27.6 Å². The molecular weight excluding hydrogens is 430 g/mol. The number of rotatable bonds is 0. The van der Waals surface area contributed by atoms with E-state index in [1.807, 2.05) is 11.8 Å². The van der Waals surface area contributed by atoms with E-state index in [1.54, 1.807) is 0 Å². The van der Waals surface area contributed by atoms with E-state index in [-0.39, 0.29) is 5.41 Å². The highest BCUT2D eigenvalue weighted by Crippen LogP contribution is 2.63. The molecule has 0 unspecified atom stereocenters. The van der Waals surface area contributed by atoms with Crippen molar-refractivity contribution in [1.82, 2.24) is 0 Å². The maximum atomic E-state index is 2.56. The highest BCUT2D eigenvalue weighted by molar-refractivity contribution is 7.99. The number of benzene rings is 5. The van der Waals surface area contributed by atoms with Crippen molar-refractivity contribution in [3.05, 3.63) is 143 Å². The Bertz CT molecular complexity index is 1590. The molecule has 0 radical (unpaired) electrons. The number of hydrogen-bond donors (Lipinski definition) is 0. The minimum Gasteiger partial charge on any atom is -0.336 e. The SMILES string of the molecule is c1ccc2c(c1)CN1c3ccccc3C3(c4ccccc4Sc4ccccc43)c3cccc-2c31. The zero-order valence-corrected chi connectivity index (χ0v) is 19.3. The van der Waals surface area contributed by atoms with E-state index in [9.17, 15) is 0 Å². The van der Waals surface area contributed by atoms with Crippen molar-refractivity contribution >= 4 is 23.1 Å². The first-order valence-electron chi connectivity index (χ1n) is 11.8. The summed E-state index contributed by atoms with van der Waals surface area (Å²) in [5.41, 5.74) is 11.9. The van der Waals surface area contributed by atoms with Gasteiger partial charge in [-0.1, -0.05) is 109 Å². The Balaban J connectivity index is 1.60. The van der Waals surface area contributed by atoms with Gasteiger partial charge in [0.15, 0.2) is 0 Å². The molecule has 3 heterocycles. The van der Waals surface area contributed by atoms with Gasteiger partial charge in [0.25, 0.3) is 0 Å². The number of fused-ring (bicyclic) bond motifs is 10. The van der Waals surface area contributed by atoms with Crippen LogP contribution in [-0.2, 0) is 12.0 Å². The van der Waals surface area contributed by atoms with Crippen LogP contribution in [0.4, 0.5) is 11.4 Å². The molecule has 34 heavy (non-hydrogen) atoms. The summed E-state index contributed by atoms with van der Waals surface area (Å²) < 4.78 is 0. The highest BCUT2D eigenvalue weighted by Gasteiger charge is 2.51. The molecule has 0 amide bonds. The summed E-state index contributed by atoms with van der Waals surface area (Å²) in [5, 5.41) is 0. The van der Waals surface area contributed by atoms with Crippen LogP contribution >= 0.6 is 11.8 Å². The first kappa shape index (κ1) is 18.7. The van der Waals surface area contributed by atoms with E-state index in [4.69, 9.17) is 0 Å². The Morgan fingerprint density at radius 3 is 1.91 bits per heavy atom. The lowest BCUT2D eigenvalue weighted by Crippen LogP contribution is -2.41. The van der Waals surface area contributed by atoms with Crippen LogP contribution in [0.25, 0.3) is 11.1 Å². The molecule has 0 fully saturated rings. The Morgan fingerprint density at radius 2 is 1.12 bits per heavy atom. The van der Waals surface area contributed by atoms with E-state index < -0.39 is 0 Å². The van der Waals surface area contributed by atoms with Gasteiger partial charge in [0.1, 0.15) is 0 Å². The lowest BCUT2D eigenvalue weighted by molar-refractivity contribution is 0.680. The Hall–Kier alpha value is -3.75. The lowest BCUT2D eigenvalue weighted by atomic mass is 9.61. The van der Waals surface area contributed by atoms with Crippen LogP contribution in [0.1, 0.15) is 27.8 Å². The van der Waals surface area contributed by atoms with E-state index in [0.717, 1.165) is 6.54 Å². The van der Waals surface area contributed by atoms with Crippen molar-refractivity contribution in [3.63, 3.8) is 0 Å². The maximum absolute atomic E-state index is 2.56. The molecule has 0 aromatic heterocycles. The average Bonchev–Trinajstić information content (AvgIpc) is 2.91. The maximum Gasteiger partial charge on any atom is 0.0764 e. The Morgan fingerprint density at radius 1 is 0.529 bits per heavy atom. The van der Waals surface area contributed by atoms with Gasteiger partial charge in [-0.3, -0.25) is 0 Å². The number of anilines is 2. The molecule has 1 nitrogen and oxygen atoms in total. The number of para-hydroxylation sites is 2. The second-order valence-electron chi connectivity index (χ2n) is 9.31. The molecule has 0 atom stereocenters. The molecule has 5 aromatic carbocycles. The fourth-order valence-electron chi connectivity index (χ4n) is 6.48. The highest BCUT2D eigenvalue weighted by atomic mass is 32.2. The Labute approximate surface area is 203 Å². The van der Waals surface area contributed by atoms with Crippen LogP contribution in [0.2, 0.25) is 0 Å². The standard InChI is InChI=1S/C32H21NS/c1-2-11-22-21(10-1)20-33-28-17-6-3-13-24(28)32(27-16-9-12-23(22)31(27)33)25-14-4-7-18-29(25)34-30-19-8-5-15-26(30)32/h1-19H,20H2. The smallest absolute Gasteiger partial charge is 0.0764 e. The second-order valence-corrected chi connectivity index (χ2v) is 10.4. The van der Waals surface area contributed by atoms with Gasteiger partial charge in [-0.15, -0.1) is 0 Å². The molecule has 3 aliphatic heterocycles. The summed E-state index contributed by atoms with van der Waals surface area (Å²) in [5.74, 6) is 0. The van der Waals surface area contributed by atoms with Crippen LogP contribution in [0.3, 0.4) is 0 Å². The van der Waals surface area contributed by atoms with Crippen LogP contribution in [0.5, 0.6) is 0 Å². The average molecular weight is 452 g/mol. The summed E-state index contributed by atoms with van der Waals surface area (Å²) in [6.45, 7) is 0.894. The fourth-order valence-corrected chi connectivity index (χ4v) is 7.67. The first-order valence-corrected chi connectivity index (χ1v) is 12.6. The van der Waals surface area contributed by atoms with Crippen LogP contribution in [-0.4, -0.2) is 0 Å². The van der Waals surface area contributed by atoms with Gasteiger partial charge < -0.3 is 4.90 Å². The van der Waals surface area contributed by atoms with Gasteiger partial charge >= 0.3 is 0 Å². The van der Waals surface area contributed by atoms with Crippen molar-refractivity contribution in [1.29, 1.82) is 0 Å².